The highest BCUT2D eigenvalue weighted by Crippen LogP contribution is 2.15. The fraction of sp³-hybridized carbons (Fsp3) is 0.923. The maximum atomic E-state index is 11.7. The number of nitrogens with one attached hydrogen (secondary N) is 1. The average Bonchev–Trinajstić information content (AvgIpc) is 2.30. The van der Waals surface area contributed by atoms with Crippen LogP contribution in [0.5, 0.6) is 0 Å². The zero-order valence-electron chi connectivity index (χ0n) is 11.2. The number of piperidine rings is 1. The largest absolute Gasteiger partial charge is 0.354 e. The summed E-state index contributed by atoms with van der Waals surface area (Å²) in [5.41, 5.74) is 0. The summed E-state index contributed by atoms with van der Waals surface area (Å²) in [5.74, 6) is 1.32. The van der Waals surface area contributed by atoms with Gasteiger partial charge in [-0.15, -0.1) is 0 Å². The van der Waals surface area contributed by atoms with E-state index in [9.17, 15) is 4.79 Å². The van der Waals surface area contributed by atoms with Crippen LogP contribution in [0.3, 0.4) is 0 Å². The van der Waals surface area contributed by atoms with E-state index in [0.29, 0.717) is 5.92 Å². The van der Waals surface area contributed by atoms with Gasteiger partial charge in [0.05, 0.1) is 4.83 Å². The van der Waals surface area contributed by atoms with Gasteiger partial charge in [0, 0.05) is 13.1 Å². The molecule has 1 saturated heterocycles. The van der Waals surface area contributed by atoms with Gasteiger partial charge in [0.2, 0.25) is 5.91 Å². The first-order chi connectivity index (χ1) is 8.00. The number of nitrogens with zero attached hydrogens (tertiary/aromatic N) is 1. The van der Waals surface area contributed by atoms with Crippen LogP contribution in [0.15, 0.2) is 0 Å². The number of carbonyl (C=O) groups excluding carboxylic acids is 1. The van der Waals surface area contributed by atoms with Crippen LogP contribution in [0.1, 0.15) is 33.6 Å². The van der Waals surface area contributed by atoms with Crippen molar-refractivity contribution in [1.82, 2.24) is 10.2 Å². The Labute approximate surface area is 113 Å². The molecule has 0 bridgehead atoms. The molecule has 0 saturated carbocycles. The smallest absolute Gasteiger partial charge is 0.234 e. The highest BCUT2D eigenvalue weighted by atomic mass is 79.9. The van der Waals surface area contributed by atoms with Crippen molar-refractivity contribution in [2.45, 2.75) is 38.4 Å². The number of rotatable bonds is 5. The lowest BCUT2D eigenvalue weighted by atomic mass is 9.99. The van der Waals surface area contributed by atoms with E-state index >= 15 is 0 Å². The van der Waals surface area contributed by atoms with E-state index < -0.39 is 0 Å². The highest BCUT2D eigenvalue weighted by Gasteiger charge is 2.19. The molecule has 1 aliphatic rings. The maximum absolute atomic E-state index is 11.7. The maximum Gasteiger partial charge on any atom is 0.234 e. The molecule has 0 aromatic heterocycles. The summed E-state index contributed by atoms with van der Waals surface area (Å²) < 4.78 is 0. The van der Waals surface area contributed by atoms with E-state index in [1.165, 1.54) is 25.9 Å². The van der Waals surface area contributed by atoms with Crippen molar-refractivity contribution >= 4 is 21.8 Å². The minimum absolute atomic E-state index is 0.0659. The lowest BCUT2D eigenvalue weighted by Gasteiger charge is -2.30. The molecule has 1 atom stereocenters. The first-order valence-corrected chi connectivity index (χ1v) is 7.56. The fourth-order valence-corrected chi connectivity index (χ4v) is 2.19. The van der Waals surface area contributed by atoms with Gasteiger partial charge in [0.15, 0.2) is 0 Å². The molecular formula is C13H25BrN2O. The summed E-state index contributed by atoms with van der Waals surface area (Å²) in [6.45, 7) is 10.5. The monoisotopic (exact) mass is 304 g/mol. The second kappa shape index (κ2) is 7.37. The number of likely N-dealkylation sites (tertiary alicyclic amines) is 1. The first-order valence-electron chi connectivity index (χ1n) is 6.65. The molecule has 4 heteroatoms. The van der Waals surface area contributed by atoms with E-state index in [1.807, 2.05) is 13.8 Å². The van der Waals surface area contributed by atoms with Gasteiger partial charge in [-0.25, -0.2) is 0 Å². The van der Waals surface area contributed by atoms with Gasteiger partial charge >= 0.3 is 0 Å². The molecule has 17 heavy (non-hydrogen) atoms. The predicted octanol–water partition coefficient (Wildman–Crippen LogP) is 2.25. The molecular weight excluding hydrogens is 280 g/mol. The molecule has 100 valence electrons. The van der Waals surface area contributed by atoms with E-state index in [4.69, 9.17) is 0 Å². The quantitative estimate of drug-likeness (QED) is 0.790. The summed E-state index contributed by atoms with van der Waals surface area (Å²) in [5, 5.41) is 2.99. The zero-order valence-corrected chi connectivity index (χ0v) is 12.8. The third-order valence-electron chi connectivity index (χ3n) is 3.44. The number of alkyl halides is 1. The molecule has 0 spiro atoms. The topological polar surface area (TPSA) is 32.3 Å². The second-order valence-corrected chi connectivity index (χ2v) is 6.45. The SMILES string of the molecule is CC1CCN(CCNC(=O)C(Br)C(C)C)CC1. The lowest BCUT2D eigenvalue weighted by Crippen LogP contribution is -2.41. The Morgan fingerprint density at radius 3 is 2.53 bits per heavy atom. The third kappa shape index (κ3) is 5.38. The van der Waals surface area contributed by atoms with Crippen LogP contribution in [0.2, 0.25) is 0 Å². The molecule has 0 aromatic carbocycles. The first kappa shape index (κ1) is 15.0. The Balaban J connectivity index is 2.13. The number of halogens is 1. The van der Waals surface area contributed by atoms with Crippen molar-refractivity contribution in [2.24, 2.45) is 11.8 Å². The standard InChI is InChI=1S/C13H25BrN2O/c1-10(2)12(14)13(17)15-6-9-16-7-4-11(3)5-8-16/h10-12H,4-9H2,1-3H3,(H,15,17). The van der Waals surface area contributed by atoms with Crippen LogP contribution in [-0.4, -0.2) is 41.8 Å². The molecule has 0 aliphatic carbocycles. The van der Waals surface area contributed by atoms with Gasteiger partial charge in [-0.05, 0) is 37.8 Å². The summed E-state index contributed by atoms with van der Waals surface area (Å²) in [4.78, 5) is 14.1. The summed E-state index contributed by atoms with van der Waals surface area (Å²) in [6.07, 6.45) is 2.59. The normalized spacial score (nSPS) is 20.5. The Hall–Kier alpha value is -0.0900. The molecule has 1 aliphatic heterocycles. The van der Waals surface area contributed by atoms with E-state index in [0.717, 1.165) is 19.0 Å². The summed E-state index contributed by atoms with van der Waals surface area (Å²) >= 11 is 3.42. The van der Waals surface area contributed by atoms with Gasteiger partial charge < -0.3 is 10.2 Å². The van der Waals surface area contributed by atoms with Gasteiger partial charge in [-0.3, -0.25) is 4.79 Å². The number of amides is 1. The van der Waals surface area contributed by atoms with Gasteiger partial charge in [0.25, 0.3) is 0 Å². The molecule has 1 fully saturated rings. The molecule has 1 rings (SSSR count). The van der Waals surface area contributed by atoms with Crippen LogP contribution >= 0.6 is 15.9 Å². The fourth-order valence-electron chi connectivity index (χ4n) is 2.02. The second-order valence-electron chi connectivity index (χ2n) is 5.46. The van der Waals surface area contributed by atoms with Crippen molar-refractivity contribution in [1.29, 1.82) is 0 Å². The molecule has 1 N–H and O–H groups in total. The lowest BCUT2D eigenvalue weighted by molar-refractivity contribution is -0.121. The van der Waals surface area contributed by atoms with Gasteiger partial charge in [-0.2, -0.15) is 0 Å². The number of carbonyl (C=O) groups is 1. The highest BCUT2D eigenvalue weighted by molar-refractivity contribution is 9.10. The molecule has 1 amide bonds. The van der Waals surface area contributed by atoms with E-state index in [-0.39, 0.29) is 10.7 Å². The van der Waals surface area contributed by atoms with Crippen molar-refractivity contribution in [2.75, 3.05) is 26.2 Å². The van der Waals surface area contributed by atoms with E-state index in [2.05, 4.69) is 33.1 Å². The zero-order chi connectivity index (χ0) is 12.8. The van der Waals surface area contributed by atoms with Gasteiger partial charge in [0.1, 0.15) is 0 Å². The Morgan fingerprint density at radius 1 is 1.41 bits per heavy atom. The molecule has 1 unspecified atom stereocenters. The summed E-state index contributed by atoms with van der Waals surface area (Å²) in [7, 11) is 0. The Morgan fingerprint density at radius 2 is 2.00 bits per heavy atom. The Bertz CT molecular complexity index is 238. The van der Waals surface area contributed by atoms with E-state index in [1.54, 1.807) is 0 Å². The van der Waals surface area contributed by atoms with Gasteiger partial charge in [-0.1, -0.05) is 36.7 Å². The van der Waals surface area contributed by atoms with Crippen LogP contribution in [0, 0.1) is 11.8 Å². The molecule has 0 radical (unpaired) electrons. The number of hydrogen-bond acceptors (Lipinski definition) is 2. The molecule has 3 nitrogen and oxygen atoms in total. The average molecular weight is 305 g/mol. The van der Waals surface area contributed by atoms with Crippen LogP contribution in [0.4, 0.5) is 0 Å². The predicted molar refractivity (Wildman–Crippen MR) is 75.4 cm³/mol. The van der Waals surface area contributed by atoms with Crippen molar-refractivity contribution in [3.05, 3.63) is 0 Å². The third-order valence-corrected chi connectivity index (χ3v) is 4.91. The van der Waals surface area contributed by atoms with Crippen molar-refractivity contribution in [3.8, 4) is 0 Å². The minimum atomic E-state index is -0.0659. The number of hydrogen-bond donors (Lipinski definition) is 1. The molecule has 1 heterocycles. The Kier molecular flexibility index (Phi) is 6.49. The minimum Gasteiger partial charge on any atom is -0.354 e. The molecule has 0 aromatic rings. The van der Waals surface area contributed by atoms with Crippen molar-refractivity contribution < 1.29 is 4.79 Å². The van der Waals surface area contributed by atoms with Crippen LogP contribution < -0.4 is 5.32 Å². The van der Waals surface area contributed by atoms with Crippen molar-refractivity contribution in [3.63, 3.8) is 0 Å². The van der Waals surface area contributed by atoms with Crippen LogP contribution in [0.25, 0.3) is 0 Å². The summed E-state index contributed by atoms with van der Waals surface area (Å²) in [6, 6.07) is 0. The van der Waals surface area contributed by atoms with Crippen LogP contribution in [-0.2, 0) is 4.79 Å².